The lowest BCUT2D eigenvalue weighted by Gasteiger charge is -2.20. The molecule has 4 rings (SSSR count). The van der Waals surface area contributed by atoms with Gasteiger partial charge in [0.15, 0.2) is 0 Å². The lowest BCUT2D eigenvalue weighted by molar-refractivity contribution is -0.112. The molecule has 1 N–H and O–H groups in total. The summed E-state index contributed by atoms with van der Waals surface area (Å²) in [6.07, 6.45) is 5.29. The number of benzene rings is 2. The Morgan fingerprint density at radius 1 is 1.07 bits per heavy atom. The molecule has 2 aromatic carbocycles. The van der Waals surface area contributed by atoms with Gasteiger partial charge in [0, 0.05) is 28.4 Å². The number of halogens is 1. The predicted octanol–water partition coefficient (Wildman–Crippen LogP) is 6.07. The van der Waals surface area contributed by atoms with Gasteiger partial charge in [-0.05, 0) is 53.6 Å². The number of imidazole rings is 1. The van der Waals surface area contributed by atoms with Crippen LogP contribution in [0.1, 0.15) is 50.4 Å². The van der Waals surface area contributed by atoms with Crippen molar-refractivity contribution in [2.75, 3.05) is 5.32 Å². The molecule has 0 bridgehead atoms. The largest absolute Gasteiger partial charge is 0.331 e. The van der Waals surface area contributed by atoms with Crippen molar-refractivity contribution in [1.29, 1.82) is 0 Å². The fourth-order valence-corrected chi connectivity index (χ4v) is 3.96. The van der Waals surface area contributed by atoms with Gasteiger partial charge < -0.3 is 9.88 Å². The minimum absolute atomic E-state index is 0.0763. The van der Waals surface area contributed by atoms with Crippen LogP contribution in [0.5, 0.6) is 0 Å². The fraction of sp³-hybridized carbons (Fsp3) is 0.280. The Morgan fingerprint density at radius 3 is 2.43 bits per heavy atom. The van der Waals surface area contributed by atoms with E-state index < -0.39 is 0 Å². The van der Waals surface area contributed by atoms with Gasteiger partial charge in [-0.2, -0.15) is 0 Å². The molecule has 0 unspecified atom stereocenters. The van der Waals surface area contributed by atoms with Gasteiger partial charge in [0.05, 0.1) is 18.2 Å². The molecule has 1 amide bonds. The molecule has 154 valence electrons. The summed E-state index contributed by atoms with van der Waals surface area (Å²) in [5.74, 6) is -0.0816. The van der Waals surface area contributed by atoms with Gasteiger partial charge >= 0.3 is 0 Å². The number of nitrogens with one attached hydrogen (secondary N) is 1. The molecule has 3 aromatic rings. The lowest BCUT2D eigenvalue weighted by atomic mass is 9.85. The van der Waals surface area contributed by atoms with E-state index in [-0.39, 0.29) is 11.3 Å². The highest BCUT2D eigenvalue weighted by molar-refractivity contribution is 6.30. The topological polar surface area (TPSA) is 46.9 Å². The van der Waals surface area contributed by atoms with E-state index in [0.29, 0.717) is 11.4 Å². The third-order valence-electron chi connectivity index (χ3n) is 5.51. The van der Waals surface area contributed by atoms with E-state index in [1.54, 1.807) is 12.1 Å². The zero-order valence-corrected chi connectivity index (χ0v) is 18.3. The smallest absolute Gasteiger partial charge is 0.252 e. The van der Waals surface area contributed by atoms with Crippen LogP contribution in [0.15, 0.2) is 66.6 Å². The number of hydrogen-bond donors (Lipinski definition) is 1. The monoisotopic (exact) mass is 419 g/mol. The van der Waals surface area contributed by atoms with Gasteiger partial charge in [-0.1, -0.05) is 56.6 Å². The van der Waals surface area contributed by atoms with Gasteiger partial charge in [0.25, 0.3) is 5.91 Å². The quantitative estimate of drug-likeness (QED) is 0.560. The maximum Gasteiger partial charge on any atom is 0.252 e. The van der Waals surface area contributed by atoms with Crippen molar-refractivity contribution in [3.63, 3.8) is 0 Å². The van der Waals surface area contributed by atoms with Crippen LogP contribution in [-0.4, -0.2) is 15.5 Å². The first kappa shape index (κ1) is 20.4. The third-order valence-corrected chi connectivity index (χ3v) is 5.76. The van der Waals surface area contributed by atoms with Crippen LogP contribution >= 0.6 is 11.6 Å². The third kappa shape index (κ3) is 4.19. The van der Waals surface area contributed by atoms with Crippen LogP contribution in [0.4, 0.5) is 5.69 Å². The van der Waals surface area contributed by atoms with Crippen LogP contribution in [0, 0.1) is 0 Å². The summed E-state index contributed by atoms with van der Waals surface area (Å²) in [6.45, 7) is 7.45. The second-order valence-electron chi connectivity index (χ2n) is 8.72. The number of fused-ring (bicyclic) bond motifs is 1. The van der Waals surface area contributed by atoms with Crippen molar-refractivity contribution in [2.24, 2.45) is 0 Å². The minimum Gasteiger partial charge on any atom is -0.331 e. The zero-order valence-electron chi connectivity index (χ0n) is 17.6. The number of anilines is 1. The van der Waals surface area contributed by atoms with Crippen LogP contribution in [-0.2, 0) is 16.8 Å². The molecule has 1 aliphatic heterocycles. The zero-order chi connectivity index (χ0) is 21.3. The van der Waals surface area contributed by atoms with Crippen LogP contribution in [0.25, 0.3) is 5.57 Å². The molecule has 30 heavy (non-hydrogen) atoms. The highest BCUT2D eigenvalue weighted by Gasteiger charge is 2.24. The van der Waals surface area contributed by atoms with Crippen molar-refractivity contribution in [2.45, 2.75) is 45.6 Å². The van der Waals surface area contributed by atoms with Gasteiger partial charge in [-0.15, -0.1) is 0 Å². The van der Waals surface area contributed by atoms with Gasteiger partial charge in [0.1, 0.15) is 0 Å². The molecule has 0 radical (unpaired) electrons. The number of carbonyl (C=O) groups excluding carboxylic acids is 1. The summed E-state index contributed by atoms with van der Waals surface area (Å²) in [7, 11) is 0. The molecule has 1 aromatic heterocycles. The number of rotatable bonds is 3. The van der Waals surface area contributed by atoms with Crippen molar-refractivity contribution in [3.05, 3.63) is 88.5 Å². The first-order valence-electron chi connectivity index (χ1n) is 10.2. The molecule has 0 saturated heterocycles. The molecule has 0 saturated carbocycles. The normalized spacial score (nSPS) is 14.3. The number of aromatic nitrogens is 2. The SMILES string of the molecule is CC(C)(C)c1ccc(C2=C(C(=O)Nc3ccc(Cl)cc3)CCCn3cncc32)cc1. The Bertz CT molecular complexity index is 1090. The van der Waals surface area contributed by atoms with Crippen LogP contribution in [0.3, 0.4) is 0 Å². The van der Waals surface area contributed by atoms with Crippen LogP contribution < -0.4 is 5.32 Å². The Hall–Kier alpha value is -2.85. The molecule has 0 fully saturated rings. The molecule has 4 nitrogen and oxygen atoms in total. The average Bonchev–Trinajstić information content (AvgIpc) is 3.09. The van der Waals surface area contributed by atoms with E-state index in [9.17, 15) is 4.79 Å². The second kappa shape index (κ2) is 8.11. The van der Waals surface area contributed by atoms with Crippen molar-refractivity contribution in [3.8, 4) is 0 Å². The number of amides is 1. The minimum atomic E-state index is -0.0816. The molecule has 0 spiro atoms. The summed E-state index contributed by atoms with van der Waals surface area (Å²) in [5.41, 5.74) is 5.83. The lowest BCUT2D eigenvalue weighted by Crippen LogP contribution is -2.16. The average molecular weight is 420 g/mol. The molecular formula is C25H26ClN3O. The van der Waals surface area contributed by atoms with Crippen molar-refractivity contribution < 1.29 is 4.79 Å². The molecule has 1 aliphatic rings. The molecule has 0 aliphatic carbocycles. The highest BCUT2D eigenvalue weighted by atomic mass is 35.5. The van der Waals surface area contributed by atoms with E-state index in [2.05, 4.69) is 59.9 Å². The Labute approximate surface area is 182 Å². The first-order valence-corrected chi connectivity index (χ1v) is 10.6. The van der Waals surface area contributed by atoms with E-state index in [4.69, 9.17) is 11.6 Å². The summed E-state index contributed by atoms with van der Waals surface area (Å²) < 4.78 is 2.13. The molecule has 2 heterocycles. The van der Waals surface area contributed by atoms with Gasteiger partial charge in [-0.3, -0.25) is 4.79 Å². The fourth-order valence-electron chi connectivity index (χ4n) is 3.84. The standard InChI is InChI=1S/C25H26ClN3O/c1-25(2,3)18-8-6-17(7-9-18)23-21(5-4-14-29-16-27-15-22(23)29)24(30)28-20-12-10-19(26)11-13-20/h6-13,15-16H,4-5,14H2,1-3H3,(H,28,30). The predicted molar refractivity (Wildman–Crippen MR) is 123 cm³/mol. The first-order chi connectivity index (χ1) is 14.3. The number of aryl methyl sites for hydroxylation is 1. The number of hydrogen-bond acceptors (Lipinski definition) is 2. The Balaban J connectivity index is 1.78. The van der Waals surface area contributed by atoms with E-state index in [1.807, 2.05) is 24.7 Å². The molecule has 5 heteroatoms. The van der Waals surface area contributed by atoms with Crippen LogP contribution in [0.2, 0.25) is 5.02 Å². The maximum atomic E-state index is 13.3. The maximum absolute atomic E-state index is 13.3. The van der Waals surface area contributed by atoms with Crippen molar-refractivity contribution >= 4 is 28.8 Å². The summed E-state index contributed by atoms with van der Waals surface area (Å²) in [4.78, 5) is 17.7. The Kier molecular flexibility index (Phi) is 5.52. The number of nitrogens with zero attached hydrogens (tertiary/aromatic N) is 2. The van der Waals surface area contributed by atoms with E-state index in [0.717, 1.165) is 41.1 Å². The summed E-state index contributed by atoms with van der Waals surface area (Å²) in [5, 5.41) is 3.68. The van der Waals surface area contributed by atoms with E-state index in [1.165, 1.54) is 5.56 Å². The highest BCUT2D eigenvalue weighted by Crippen LogP contribution is 2.34. The van der Waals surface area contributed by atoms with Gasteiger partial charge in [0.2, 0.25) is 0 Å². The summed E-state index contributed by atoms with van der Waals surface area (Å²) in [6, 6.07) is 15.7. The molecular weight excluding hydrogens is 394 g/mol. The van der Waals surface area contributed by atoms with Crippen molar-refractivity contribution in [1.82, 2.24) is 9.55 Å². The summed E-state index contributed by atoms with van der Waals surface area (Å²) >= 11 is 5.98. The van der Waals surface area contributed by atoms with E-state index >= 15 is 0 Å². The second-order valence-corrected chi connectivity index (χ2v) is 9.15. The Morgan fingerprint density at radius 2 is 1.77 bits per heavy atom. The van der Waals surface area contributed by atoms with Gasteiger partial charge in [-0.25, -0.2) is 4.98 Å². The number of carbonyl (C=O) groups is 1. The molecule has 0 atom stereocenters.